The van der Waals surface area contributed by atoms with Crippen molar-refractivity contribution in [2.45, 2.75) is 12.8 Å². The molecule has 1 aromatic heterocycles. The lowest BCUT2D eigenvalue weighted by atomic mass is 9.79. The van der Waals surface area contributed by atoms with Crippen molar-refractivity contribution >= 4 is 22.5 Å². The summed E-state index contributed by atoms with van der Waals surface area (Å²) in [4.78, 5) is 17.0. The summed E-state index contributed by atoms with van der Waals surface area (Å²) < 4.78 is 5.35. The summed E-state index contributed by atoms with van der Waals surface area (Å²) in [5.74, 6) is -0.0357. The maximum Gasteiger partial charge on any atom is 0.232 e. The fourth-order valence-corrected chi connectivity index (χ4v) is 2.75. The van der Waals surface area contributed by atoms with E-state index in [1.54, 1.807) is 6.20 Å². The number of ether oxygens (including phenoxy) is 1. The zero-order valence-corrected chi connectivity index (χ0v) is 11.8. The summed E-state index contributed by atoms with van der Waals surface area (Å²) in [5.41, 5.74) is 6.87. The number of carbonyl (C=O) groups excluding carboxylic acids is 1. The van der Waals surface area contributed by atoms with Crippen LogP contribution >= 0.6 is 0 Å². The van der Waals surface area contributed by atoms with Gasteiger partial charge in [0.1, 0.15) is 0 Å². The molecule has 2 aromatic rings. The van der Waals surface area contributed by atoms with Gasteiger partial charge < -0.3 is 15.8 Å². The number of benzene rings is 1. The summed E-state index contributed by atoms with van der Waals surface area (Å²) in [6.45, 7) is 1.50. The first-order valence-corrected chi connectivity index (χ1v) is 7.18. The molecule has 0 spiro atoms. The molecule has 3 N–H and O–H groups in total. The van der Waals surface area contributed by atoms with Gasteiger partial charge in [-0.25, -0.2) is 0 Å². The van der Waals surface area contributed by atoms with Crippen LogP contribution in [0.1, 0.15) is 12.8 Å². The van der Waals surface area contributed by atoms with Crippen molar-refractivity contribution in [2.75, 3.05) is 25.1 Å². The molecule has 0 atom stereocenters. The normalized spacial score (nSPS) is 17.6. The number of hydrogen-bond donors (Lipinski definition) is 2. The van der Waals surface area contributed by atoms with Crippen LogP contribution in [0.15, 0.2) is 36.5 Å². The van der Waals surface area contributed by atoms with E-state index in [1.807, 2.05) is 30.3 Å². The minimum Gasteiger partial charge on any atom is -0.381 e. The lowest BCUT2D eigenvalue weighted by Crippen LogP contribution is -2.46. The highest BCUT2D eigenvalue weighted by molar-refractivity contribution is 6.02. The van der Waals surface area contributed by atoms with Crippen molar-refractivity contribution in [3.63, 3.8) is 0 Å². The second-order valence-electron chi connectivity index (χ2n) is 5.43. The number of para-hydroxylation sites is 1. The fourth-order valence-electron chi connectivity index (χ4n) is 2.75. The molecule has 0 saturated carbocycles. The third-order valence-corrected chi connectivity index (χ3v) is 4.20. The summed E-state index contributed by atoms with van der Waals surface area (Å²) in [6.07, 6.45) is 3.05. The topological polar surface area (TPSA) is 77.2 Å². The van der Waals surface area contributed by atoms with Crippen LogP contribution in [-0.2, 0) is 9.53 Å². The number of nitrogens with one attached hydrogen (secondary N) is 1. The van der Waals surface area contributed by atoms with Crippen molar-refractivity contribution < 1.29 is 9.53 Å². The first-order valence-electron chi connectivity index (χ1n) is 7.18. The van der Waals surface area contributed by atoms with Gasteiger partial charge in [-0.2, -0.15) is 0 Å². The van der Waals surface area contributed by atoms with Crippen LogP contribution in [0.25, 0.3) is 10.9 Å². The Bertz CT molecular complexity index is 646. The number of aromatic nitrogens is 1. The Labute approximate surface area is 123 Å². The molecule has 3 rings (SSSR count). The number of rotatable bonds is 3. The quantitative estimate of drug-likeness (QED) is 0.903. The van der Waals surface area contributed by atoms with Gasteiger partial charge in [-0.3, -0.25) is 9.78 Å². The van der Waals surface area contributed by atoms with Crippen LogP contribution in [0.2, 0.25) is 0 Å². The smallest absolute Gasteiger partial charge is 0.232 e. The molecule has 1 aliphatic rings. The number of pyridine rings is 1. The van der Waals surface area contributed by atoms with Gasteiger partial charge in [-0.15, -0.1) is 0 Å². The van der Waals surface area contributed by atoms with Gasteiger partial charge in [0, 0.05) is 31.3 Å². The molecular formula is C16H19N3O2. The third-order valence-electron chi connectivity index (χ3n) is 4.20. The number of nitrogens with two attached hydrogens (primary N) is 1. The lowest BCUT2D eigenvalue weighted by Gasteiger charge is -2.34. The van der Waals surface area contributed by atoms with Crippen molar-refractivity contribution in [2.24, 2.45) is 11.1 Å². The first-order chi connectivity index (χ1) is 10.2. The van der Waals surface area contributed by atoms with Gasteiger partial charge in [0.2, 0.25) is 5.91 Å². The van der Waals surface area contributed by atoms with E-state index in [1.165, 1.54) is 0 Å². The molecule has 110 valence electrons. The number of nitrogens with zero attached hydrogens (tertiary/aromatic N) is 1. The van der Waals surface area contributed by atoms with Crippen LogP contribution in [0.4, 0.5) is 5.69 Å². The van der Waals surface area contributed by atoms with Crippen LogP contribution in [-0.4, -0.2) is 30.6 Å². The second kappa shape index (κ2) is 5.79. The Hall–Kier alpha value is -1.98. The molecule has 1 aromatic carbocycles. The van der Waals surface area contributed by atoms with E-state index in [4.69, 9.17) is 10.5 Å². The van der Waals surface area contributed by atoms with Crippen LogP contribution in [0.5, 0.6) is 0 Å². The first kappa shape index (κ1) is 14.0. The molecule has 5 heteroatoms. The summed E-state index contributed by atoms with van der Waals surface area (Å²) in [5, 5.41) is 4.01. The number of anilines is 1. The summed E-state index contributed by atoms with van der Waals surface area (Å²) >= 11 is 0. The zero-order valence-electron chi connectivity index (χ0n) is 11.8. The minimum absolute atomic E-state index is 0.0357. The van der Waals surface area contributed by atoms with E-state index in [9.17, 15) is 4.79 Å². The average molecular weight is 285 g/mol. The molecule has 0 unspecified atom stereocenters. The van der Waals surface area contributed by atoms with Gasteiger partial charge in [0.15, 0.2) is 0 Å². The predicted octanol–water partition coefficient (Wildman–Crippen LogP) is 1.93. The molecule has 1 aliphatic heterocycles. The molecule has 5 nitrogen and oxygen atoms in total. The monoisotopic (exact) mass is 285 g/mol. The maximum absolute atomic E-state index is 12.7. The van der Waals surface area contributed by atoms with Crippen molar-refractivity contribution in [3.05, 3.63) is 36.5 Å². The van der Waals surface area contributed by atoms with Gasteiger partial charge in [-0.1, -0.05) is 18.2 Å². The third kappa shape index (κ3) is 2.62. The summed E-state index contributed by atoms with van der Waals surface area (Å²) in [6, 6.07) is 9.62. The second-order valence-corrected chi connectivity index (χ2v) is 5.43. The van der Waals surface area contributed by atoms with E-state index in [0.29, 0.717) is 32.6 Å². The highest BCUT2D eigenvalue weighted by Crippen LogP contribution is 2.32. The highest BCUT2D eigenvalue weighted by atomic mass is 16.5. The van der Waals surface area contributed by atoms with Crippen molar-refractivity contribution in [3.8, 4) is 0 Å². The molecule has 0 radical (unpaired) electrons. The Balaban J connectivity index is 1.89. The number of amides is 1. The minimum atomic E-state index is -0.533. The molecule has 1 amide bonds. The summed E-state index contributed by atoms with van der Waals surface area (Å²) in [7, 11) is 0. The largest absolute Gasteiger partial charge is 0.381 e. The van der Waals surface area contributed by atoms with Crippen LogP contribution in [0.3, 0.4) is 0 Å². The van der Waals surface area contributed by atoms with E-state index in [0.717, 1.165) is 16.6 Å². The van der Waals surface area contributed by atoms with Gasteiger partial charge in [-0.05, 0) is 25.0 Å². The molecule has 2 heterocycles. The van der Waals surface area contributed by atoms with Gasteiger partial charge in [0.05, 0.1) is 16.6 Å². The molecule has 0 aliphatic carbocycles. The van der Waals surface area contributed by atoms with Gasteiger partial charge in [0.25, 0.3) is 0 Å². The SMILES string of the molecule is NCC1(C(=O)Nc2cccc3cccnc23)CCOCC1. The highest BCUT2D eigenvalue weighted by Gasteiger charge is 2.38. The standard InChI is InChI=1S/C16H19N3O2/c17-11-16(6-9-21-10-7-16)15(20)19-13-5-1-3-12-4-2-8-18-14(12)13/h1-5,8H,6-7,9-11,17H2,(H,19,20). The van der Waals surface area contributed by atoms with E-state index >= 15 is 0 Å². The predicted molar refractivity (Wildman–Crippen MR) is 81.9 cm³/mol. The van der Waals surface area contributed by atoms with E-state index in [-0.39, 0.29) is 5.91 Å². The number of fused-ring (bicyclic) bond motifs is 1. The van der Waals surface area contributed by atoms with E-state index < -0.39 is 5.41 Å². The van der Waals surface area contributed by atoms with Crippen LogP contribution < -0.4 is 11.1 Å². The Morgan fingerprint density at radius 1 is 1.29 bits per heavy atom. The molecule has 0 bridgehead atoms. The molecule has 1 fully saturated rings. The zero-order chi connectivity index (χ0) is 14.7. The Morgan fingerprint density at radius 2 is 2.05 bits per heavy atom. The Morgan fingerprint density at radius 3 is 2.81 bits per heavy atom. The number of carbonyl (C=O) groups is 1. The Kier molecular flexibility index (Phi) is 3.86. The maximum atomic E-state index is 12.7. The molecule has 1 saturated heterocycles. The van der Waals surface area contributed by atoms with Crippen molar-refractivity contribution in [1.29, 1.82) is 0 Å². The van der Waals surface area contributed by atoms with Gasteiger partial charge >= 0.3 is 0 Å². The molecule has 21 heavy (non-hydrogen) atoms. The van der Waals surface area contributed by atoms with Crippen molar-refractivity contribution in [1.82, 2.24) is 4.98 Å². The van der Waals surface area contributed by atoms with Crippen LogP contribution in [0, 0.1) is 5.41 Å². The lowest BCUT2D eigenvalue weighted by molar-refractivity contribution is -0.130. The fraction of sp³-hybridized carbons (Fsp3) is 0.375. The average Bonchev–Trinajstić information content (AvgIpc) is 2.56. The molecular weight excluding hydrogens is 266 g/mol. The van der Waals surface area contributed by atoms with E-state index in [2.05, 4.69) is 10.3 Å². The number of hydrogen-bond acceptors (Lipinski definition) is 4.